The predicted octanol–water partition coefficient (Wildman–Crippen LogP) is 1.34. The number of halogens is 1. The molecule has 0 radical (unpaired) electrons. The Balaban J connectivity index is 2.26. The molecule has 0 saturated heterocycles. The van der Waals surface area contributed by atoms with Gasteiger partial charge in [0, 0.05) is 18.0 Å². The zero-order valence-electron chi connectivity index (χ0n) is 9.35. The maximum Gasteiger partial charge on any atom is 0.341 e. The highest BCUT2D eigenvalue weighted by molar-refractivity contribution is 6.02. The van der Waals surface area contributed by atoms with Crippen LogP contribution in [0.15, 0.2) is 18.5 Å². The molecule has 1 aliphatic rings. The van der Waals surface area contributed by atoms with Crippen LogP contribution in [-0.4, -0.2) is 30.0 Å². The van der Waals surface area contributed by atoms with E-state index in [0.29, 0.717) is 18.4 Å². The van der Waals surface area contributed by atoms with Gasteiger partial charge < -0.3 is 4.74 Å². The van der Waals surface area contributed by atoms with Crippen LogP contribution in [0.2, 0.25) is 0 Å². The number of hydrogen-bond acceptors (Lipinski definition) is 4. The number of ether oxygens (including phenoxy) is 1. The van der Waals surface area contributed by atoms with Gasteiger partial charge in [0.25, 0.3) is 0 Å². The van der Waals surface area contributed by atoms with Gasteiger partial charge in [-0.3, -0.25) is 9.78 Å². The smallest absolute Gasteiger partial charge is 0.341 e. The fourth-order valence-electron chi connectivity index (χ4n) is 2.06. The first-order valence-electron chi connectivity index (χ1n) is 5.34. The molecule has 1 aromatic rings. The number of methoxy groups -OCH3 is 1. The fraction of sp³-hybridized carbons (Fsp3) is 0.417. The number of carbonyl (C=O) groups excluding carboxylic acids is 2. The molecule has 2 atom stereocenters. The lowest BCUT2D eigenvalue weighted by Gasteiger charge is -2.24. The number of alkyl halides is 1. The van der Waals surface area contributed by atoms with Gasteiger partial charge in [0.15, 0.2) is 5.78 Å². The number of aryl methyl sites for hydroxylation is 1. The van der Waals surface area contributed by atoms with Crippen molar-refractivity contribution in [3.63, 3.8) is 0 Å². The normalized spacial score (nSPS) is 20.6. The number of esters is 1. The molecular formula is C12H12FNO3. The van der Waals surface area contributed by atoms with Gasteiger partial charge >= 0.3 is 5.97 Å². The standard InChI is InChI=1S/C12H12FNO3/c1-17-12(16)10(13)9-3-2-7-6-14-5-4-8(7)11(9)15/h4-6,9-10H,2-3H2,1H3. The van der Waals surface area contributed by atoms with Gasteiger partial charge in [0.2, 0.25) is 6.17 Å². The molecule has 2 unspecified atom stereocenters. The average Bonchev–Trinajstić information content (AvgIpc) is 2.38. The first-order valence-corrected chi connectivity index (χ1v) is 5.34. The third-order valence-corrected chi connectivity index (χ3v) is 3.01. The maximum absolute atomic E-state index is 13.7. The van der Waals surface area contributed by atoms with Crippen LogP contribution in [0.25, 0.3) is 0 Å². The number of pyridine rings is 1. The van der Waals surface area contributed by atoms with E-state index in [1.54, 1.807) is 12.3 Å². The van der Waals surface area contributed by atoms with Crippen molar-refractivity contribution >= 4 is 11.8 Å². The number of nitrogens with zero attached hydrogens (tertiary/aromatic N) is 1. The lowest BCUT2D eigenvalue weighted by molar-refractivity contribution is -0.148. The van der Waals surface area contributed by atoms with Crippen molar-refractivity contribution in [2.45, 2.75) is 19.0 Å². The summed E-state index contributed by atoms with van der Waals surface area (Å²) in [5.74, 6) is -2.26. The van der Waals surface area contributed by atoms with E-state index < -0.39 is 18.1 Å². The van der Waals surface area contributed by atoms with Gasteiger partial charge in [-0.05, 0) is 24.5 Å². The molecule has 2 rings (SSSR count). The van der Waals surface area contributed by atoms with Gasteiger partial charge in [0.1, 0.15) is 0 Å². The average molecular weight is 237 g/mol. The van der Waals surface area contributed by atoms with Gasteiger partial charge in [-0.2, -0.15) is 0 Å². The van der Waals surface area contributed by atoms with Crippen molar-refractivity contribution in [2.75, 3.05) is 7.11 Å². The van der Waals surface area contributed by atoms with Crippen LogP contribution in [0.3, 0.4) is 0 Å². The zero-order chi connectivity index (χ0) is 12.4. The maximum atomic E-state index is 13.7. The quantitative estimate of drug-likeness (QED) is 0.728. The van der Waals surface area contributed by atoms with E-state index in [1.165, 1.54) is 6.20 Å². The van der Waals surface area contributed by atoms with E-state index in [0.717, 1.165) is 12.7 Å². The molecular weight excluding hydrogens is 225 g/mol. The predicted molar refractivity (Wildman–Crippen MR) is 57.3 cm³/mol. The second kappa shape index (κ2) is 4.61. The van der Waals surface area contributed by atoms with Crippen LogP contribution in [0.1, 0.15) is 22.3 Å². The SMILES string of the molecule is COC(=O)C(F)C1CCc2cnccc2C1=O. The third-order valence-electron chi connectivity index (χ3n) is 3.01. The minimum Gasteiger partial charge on any atom is -0.467 e. The highest BCUT2D eigenvalue weighted by Gasteiger charge is 2.38. The van der Waals surface area contributed by atoms with Crippen molar-refractivity contribution in [1.82, 2.24) is 4.98 Å². The molecule has 0 spiro atoms. The van der Waals surface area contributed by atoms with Crippen molar-refractivity contribution in [3.8, 4) is 0 Å². The second-order valence-electron chi connectivity index (χ2n) is 3.97. The van der Waals surface area contributed by atoms with Crippen LogP contribution in [-0.2, 0) is 16.0 Å². The van der Waals surface area contributed by atoms with Crippen LogP contribution >= 0.6 is 0 Å². The van der Waals surface area contributed by atoms with E-state index >= 15 is 0 Å². The van der Waals surface area contributed by atoms with Gasteiger partial charge in [-0.25, -0.2) is 9.18 Å². The molecule has 0 bridgehead atoms. The van der Waals surface area contributed by atoms with E-state index in [9.17, 15) is 14.0 Å². The minimum absolute atomic E-state index is 0.313. The molecule has 1 heterocycles. The summed E-state index contributed by atoms with van der Waals surface area (Å²) in [4.78, 5) is 27.0. The van der Waals surface area contributed by atoms with Crippen LogP contribution in [0.4, 0.5) is 4.39 Å². The van der Waals surface area contributed by atoms with Gasteiger partial charge in [-0.15, -0.1) is 0 Å². The van der Waals surface area contributed by atoms with Gasteiger partial charge in [-0.1, -0.05) is 0 Å². The Bertz CT molecular complexity index is 461. The lowest BCUT2D eigenvalue weighted by Crippen LogP contribution is -2.35. The van der Waals surface area contributed by atoms with Crippen molar-refractivity contribution in [2.24, 2.45) is 5.92 Å². The number of Topliss-reactive ketones (excluding diaryl/α,β-unsaturated/α-hetero) is 1. The molecule has 0 aliphatic heterocycles. The first kappa shape index (κ1) is 11.7. The Morgan fingerprint density at radius 2 is 2.41 bits per heavy atom. The molecule has 0 fully saturated rings. The number of rotatable bonds is 2. The number of ketones is 1. The number of carbonyl (C=O) groups is 2. The summed E-state index contributed by atoms with van der Waals surface area (Å²) in [6.07, 6.45) is 2.08. The zero-order valence-corrected chi connectivity index (χ0v) is 9.35. The second-order valence-corrected chi connectivity index (χ2v) is 3.97. The van der Waals surface area contributed by atoms with Crippen molar-refractivity contribution in [1.29, 1.82) is 0 Å². The lowest BCUT2D eigenvalue weighted by atomic mass is 9.81. The highest BCUT2D eigenvalue weighted by Crippen LogP contribution is 2.28. The molecule has 0 aromatic carbocycles. The van der Waals surface area contributed by atoms with E-state index in [4.69, 9.17) is 0 Å². The summed E-state index contributed by atoms with van der Waals surface area (Å²) in [6, 6.07) is 1.56. The molecule has 1 aliphatic carbocycles. The number of fused-ring (bicyclic) bond motifs is 1. The monoisotopic (exact) mass is 237 g/mol. The Labute approximate surface area is 97.8 Å². The Morgan fingerprint density at radius 3 is 3.12 bits per heavy atom. The summed E-state index contributed by atoms with van der Waals surface area (Å²) in [7, 11) is 1.11. The summed E-state index contributed by atoms with van der Waals surface area (Å²) >= 11 is 0. The first-order chi connectivity index (χ1) is 8.15. The summed E-state index contributed by atoms with van der Waals surface area (Å²) in [5.41, 5.74) is 1.27. The summed E-state index contributed by atoms with van der Waals surface area (Å²) in [6.45, 7) is 0. The molecule has 90 valence electrons. The van der Waals surface area contributed by atoms with Crippen LogP contribution < -0.4 is 0 Å². The third kappa shape index (κ3) is 2.05. The highest BCUT2D eigenvalue weighted by atomic mass is 19.1. The molecule has 0 saturated carbocycles. The molecule has 0 N–H and O–H groups in total. The molecule has 0 amide bonds. The number of aromatic nitrogens is 1. The molecule has 1 aromatic heterocycles. The largest absolute Gasteiger partial charge is 0.467 e. The molecule has 17 heavy (non-hydrogen) atoms. The topological polar surface area (TPSA) is 56.3 Å². The van der Waals surface area contributed by atoms with Crippen molar-refractivity contribution in [3.05, 3.63) is 29.6 Å². The Morgan fingerprint density at radius 1 is 1.65 bits per heavy atom. The van der Waals surface area contributed by atoms with E-state index in [-0.39, 0.29) is 5.78 Å². The van der Waals surface area contributed by atoms with E-state index in [2.05, 4.69) is 9.72 Å². The van der Waals surface area contributed by atoms with E-state index in [1.807, 2.05) is 0 Å². The number of hydrogen-bond donors (Lipinski definition) is 0. The summed E-state index contributed by atoms with van der Waals surface area (Å²) < 4.78 is 18.0. The molecule has 5 heteroatoms. The molecule has 4 nitrogen and oxygen atoms in total. The Hall–Kier alpha value is -1.78. The minimum atomic E-state index is -1.88. The summed E-state index contributed by atoms with van der Waals surface area (Å²) in [5, 5.41) is 0. The Kier molecular flexibility index (Phi) is 3.17. The van der Waals surface area contributed by atoms with Crippen molar-refractivity contribution < 1.29 is 18.7 Å². The fourth-order valence-corrected chi connectivity index (χ4v) is 2.06. The van der Waals surface area contributed by atoms with Gasteiger partial charge in [0.05, 0.1) is 13.0 Å². The van der Waals surface area contributed by atoms with Crippen LogP contribution in [0, 0.1) is 5.92 Å². The van der Waals surface area contributed by atoms with Crippen LogP contribution in [0.5, 0.6) is 0 Å².